The van der Waals surface area contributed by atoms with E-state index in [1.54, 1.807) is 0 Å². The summed E-state index contributed by atoms with van der Waals surface area (Å²) in [7, 11) is 0. The SMILES string of the molecule is C#CC12CC[C@H]3[C@@H](CCC4=CC(=O)CC[C@@H]43)[C@@H]1CCC2=O. The molecule has 0 spiro atoms. The summed E-state index contributed by atoms with van der Waals surface area (Å²) >= 11 is 0. The van der Waals surface area contributed by atoms with Gasteiger partial charge in [-0.05, 0) is 68.3 Å². The monoisotopic (exact) mass is 282 g/mol. The minimum absolute atomic E-state index is 0.310. The number of Topliss-reactive ketones (excluding diaryl/α,β-unsaturated/α-hetero) is 1. The van der Waals surface area contributed by atoms with Crippen LogP contribution in [0.3, 0.4) is 0 Å². The molecule has 2 heteroatoms. The molecule has 0 bridgehead atoms. The van der Waals surface area contributed by atoms with Gasteiger partial charge < -0.3 is 0 Å². The van der Waals surface area contributed by atoms with Gasteiger partial charge >= 0.3 is 0 Å². The molecule has 21 heavy (non-hydrogen) atoms. The Balaban J connectivity index is 1.67. The highest BCUT2D eigenvalue weighted by Gasteiger charge is 2.57. The number of fused-ring (bicyclic) bond motifs is 5. The Morgan fingerprint density at radius 1 is 1.05 bits per heavy atom. The average Bonchev–Trinajstić information content (AvgIpc) is 2.84. The topological polar surface area (TPSA) is 34.1 Å². The minimum Gasteiger partial charge on any atom is -0.298 e. The number of carbonyl (C=O) groups is 2. The predicted molar refractivity (Wildman–Crippen MR) is 80.3 cm³/mol. The molecule has 0 saturated heterocycles. The maximum Gasteiger partial charge on any atom is 0.155 e. The predicted octanol–water partition coefficient (Wildman–Crippen LogP) is 3.31. The van der Waals surface area contributed by atoms with E-state index in [4.69, 9.17) is 6.42 Å². The zero-order chi connectivity index (χ0) is 14.6. The summed E-state index contributed by atoms with van der Waals surface area (Å²) in [6.07, 6.45) is 15.3. The third-order valence-corrected chi connectivity index (χ3v) is 6.82. The van der Waals surface area contributed by atoms with Crippen LogP contribution in [0.1, 0.15) is 51.4 Å². The van der Waals surface area contributed by atoms with Crippen molar-refractivity contribution in [3.05, 3.63) is 11.6 Å². The number of rotatable bonds is 0. The summed E-state index contributed by atoms with van der Waals surface area (Å²) in [5.41, 5.74) is 0.956. The molecule has 3 saturated carbocycles. The van der Waals surface area contributed by atoms with Crippen LogP contribution in [0.5, 0.6) is 0 Å². The molecule has 3 fully saturated rings. The Labute approximate surface area is 126 Å². The van der Waals surface area contributed by atoms with Crippen molar-refractivity contribution < 1.29 is 9.59 Å². The average molecular weight is 282 g/mol. The van der Waals surface area contributed by atoms with E-state index in [0.29, 0.717) is 48.1 Å². The lowest BCUT2D eigenvalue weighted by Crippen LogP contribution is -2.47. The first kappa shape index (κ1) is 13.3. The second-order valence-corrected chi connectivity index (χ2v) is 7.42. The van der Waals surface area contributed by atoms with Gasteiger partial charge in [0, 0.05) is 12.8 Å². The number of hydrogen-bond acceptors (Lipinski definition) is 2. The first-order valence-corrected chi connectivity index (χ1v) is 8.40. The molecule has 2 nitrogen and oxygen atoms in total. The van der Waals surface area contributed by atoms with E-state index in [0.717, 1.165) is 38.5 Å². The molecule has 0 N–H and O–H groups in total. The van der Waals surface area contributed by atoms with Gasteiger partial charge in [-0.15, -0.1) is 6.42 Å². The van der Waals surface area contributed by atoms with Gasteiger partial charge in [-0.3, -0.25) is 9.59 Å². The molecule has 0 amide bonds. The molecule has 5 atom stereocenters. The lowest BCUT2D eigenvalue weighted by Gasteiger charge is -2.51. The molecule has 110 valence electrons. The van der Waals surface area contributed by atoms with Gasteiger partial charge in [0.1, 0.15) is 0 Å². The van der Waals surface area contributed by atoms with Crippen LogP contribution in [0.2, 0.25) is 0 Å². The molecule has 0 radical (unpaired) electrons. The summed E-state index contributed by atoms with van der Waals surface area (Å²) < 4.78 is 0. The molecule has 0 aromatic rings. The smallest absolute Gasteiger partial charge is 0.155 e. The molecule has 0 aromatic heterocycles. The normalized spacial score (nSPS) is 45.2. The molecule has 4 aliphatic rings. The second-order valence-electron chi connectivity index (χ2n) is 7.42. The number of terminal acetylenes is 1. The summed E-state index contributed by atoms with van der Waals surface area (Å²) in [4.78, 5) is 24.0. The van der Waals surface area contributed by atoms with Gasteiger partial charge in [-0.2, -0.15) is 0 Å². The first-order valence-electron chi connectivity index (χ1n) is 8.40. The molecule has 4 aliphatic carbocycles. The van der Waals surface area contributed by atoms with E-state index in [1.165, 1.54) is 5.57 Å². The standard InChI is InChI=1S/C19H22O2/c1-2-19-10-9-15-14-6-4-13(20)11-12(14)3-5-16(15)17(19)7-8-18(19)21/h1,11,14-17H,3-10H2/t14-,15+,16+,17-,19?/m0/s1. The Bertz CT molecular complexity index is 579. The van der Waals surface area contributed by atoms with Crippen molar-refractivity contribution in [1.82, 2.24) is 0 Å². The van der Waals surface area contributed by atoms with Gasteiger partial charge in [-0.25, -0.2) is 0 Å². The zero-order valence-electron chi connectivity index (χ0n) is 12.4. The fraction of sp³-hybridized carbons (Fsp3) is 0.684. The van der Waals surface area contributed by atoms with Crippen molar-refractivity contribution in [2.24, 2.45) is 29.1 Å². The quantitative estimate of drug-likeness (QED) is 0.639. The molecule has 0 heterocycles. The van der Waals surface area contributed by atoms with Crippen LogP contribution in [0.15, 0.2) is 11.6 Å². The Kier molecular flexibility index (Phi) is 2.89. The van der Waals surface area contributed by atoms with Crippen LogP contribution < -0.4 is 0 Å². The molecule has 0 aromatic carbocycles. The number of allylic oxidation sites excluding steroid dienone is 1. The van der Waals surface area contributed by atoms with Gasteiger partial charge in [0.05, 0.1) is 5.41 Å². The molecular formula is C19H22O2. The van der Waals surface area contributed by atoms with Crippen LogP contribution >= 0.6 is 0 Å². The number of ketones is 2. The lowest BCUT2D eigenvalue weighted by atomic mass is 9.52. The van der Waals surface area contributed by atoms with Crippen LogP contribution in [0.4, 0.5) is 0 Å². The summed E-state index contributed by atoms with van der Waals surface area (Å²) in [5, 5.41) is 0. The highest BCUT2D eigenvalue weighted by atomic mass is 16.1. The second kappa shape index (κ2) is 4.57. The van der Waals surface area contributed by atoms with Gasteiger partial charge in [-0.1, -0.05) is 11.5 Å². The van der Waals surface area contributed by atoms with E-state index in [9.17, 15) is 9.59 Å². The highest BCUT2D eigenvalue weighted by Crippen LogP contribution is 2.60. The number of hydrogen-bond donors (Lipinski definition) is 0. The maximum absolute atomic E-state index is 12.4. The van der Waals surface area contributed by atoms with E-state index >= 15 is 0 Å². The van der Waals surface area contributed by atoms with Crippen LogP contribution in [0, 0.1) is 41.4 Å². The van der Waals surface area contributed by atoms with E-state index in [2.05, 4.69) is 5.92 Å². The largest absolute Gasteiger partial charge is 0.298 e. The Hall–Kier alpha value is -1.36. The van der Waals surface area contributed by atoms with Crippen molar-refractivity contribution in [3.8, 4) is 12.3 Å². The van der Waals surface area contributed by atoms with E-state index in [-0.39, 0.29) is 0 Å². The van der Waals surface area contributed by atoms with Crippen molar-refractivity contribution in [2.75, 3.05) is 0 Å². The van der Waals surface area contributed by atoms with Gasteiger partial charge in [0.2, 0.25) is 0 Å². The first-order chi connectivity index (χ1) is 10.2. The third kappa shape index (κ3) is 1.73. The Morgan fingerprint density at radius 3 is 2.71 bits per heavy atom. The Morgan fingerprint density at radius 2 is 1.90 bits per heavy atom. The van der Waals surface area contributed by atoms with Crippen molar-refractivity contribution >= 4 is 11.6 Å². The highest BCUT2D eigenvalue weighted by molar-refractivity contribution is 5.92. The van der Waals surface area contributed by atoms with Crippen molar-refractivity contribution in [3.63, 3.8) is 0 Å². The van der Waals surface area contributed by atoms with Crippen LogP contribution in [-0.4, -0.2) is 11.6 Å². The maximum atomic E-state index is 12.4. The molecule has 4 rings (SSSR count). The summed E-state index contributed by atoms with van der Waals surface area (Å²) in [5.74, 6) is 5.83. The van der Waals surface area contributed by atoms with Crippen molar-refractivity contribution in [1.29, 1.82) is 0 Å². The molecule has 1 unspecified atom stereocenters. The van der Waals surface area contributed by atoms with Crippen molar-refractivity contribution in [2.45, 2.75) is 51.4 Å². The third-order valence-electron chi connectivity index (χ3n) is 6.82. The van der Waals surface area contributed by atoms with E-state index < -0.39 is 5.41 Å². The fourth-order valence-electron chi connectivity index (χ4n) is 5.90. The van der Waals surface area contributed by atoms with Crippen LogP contribution in [0.25, 0.3) is 0 Å². The number of carbonyl (C=O) groups excluding carboxylic acids is 2. The van der Waals surface area contributed by atoms with Gasteiger partial charge in [0.25, 0.3) is 0 Å². The van der Waals surface area contributed by atoms with Gasteiger partial charge in [0.15, 0.2) is 11.6 Å². The summed E-state index contributed by atoms with van der Waals surface area (Å²) in [6, 6.07) is 0. The summed E-state index contributed by atoms with van der Waals surface area (Å²) in [6.45, 7) is 0. The van der Waals surface area contributed by atoms with E-state index in [1.807, 2.05) is 6.08 Å². The molecular weight excluding hydrogens is 260 g/mol. The fourth-order valence-corrected chi connectivity index (χ4v) is 5.90. The minimum atomic E-state index is -0.438. The van der Waals surface area contributed by atoms with Crippen LogP contribution in [-0.2, 0) is 9.59 Å². The zero-order valence-corrected chi connectivity index (χ0v) is 12.4. The molecule has 0 aliphatic heterocycles. The lowest BCUT2D eigenvalue weighted by molar-refractivity contribution is -0.127.